The van der Waals surface area contributed by atoms with Gasteiger partial charge in [-0.2, -0.15) is 0 Å². The van der Waals surface area contributed by atoms with E-state index in [-0.39, 0.29) is 22.5 Å². The Kier molecular flexibility index (Phi) is 8.66. The normalized spacial score (nSPS) is 35.8. The minimum absolute atomic E-state index is 0.00292. The van der Waals surface area contributed by atoms with E-state index in [0.29, 0.717) is 5.56 Å². The molecule has 0 spiro atoms. The highest BCUT2D eigenvalue weighted by atomic mass is 32.5. The Hall–Kier alpha value is -3.33. The maximum absolute atomic E-state index is 16.1. The maximum atomic E-state index is 16.1. The Morgan fingerprint density at radius 3 is 2.29 bits per heavy atom. The number of nitrogens with zero attached hydrogens (tertiary/aromatic N) is 5. The fourth-order valence-corrected chi connectivity index (χ4v) is 8.01. The minimum atomic E-state index is -5.16. The maximum Gasteiger partial charge on any atom is 0.472 e. The van der Waals surface area contributed by atoms with Crippen LogP contribution in [0.1, 0.15) is 12.5 Å². The van der Waals surface area contributed by atoms with E-state index >= 15 is 8.78 Å². The highest BCUT2D eigenvalue weighted by Crippen LogP contribution is 2.54. The monoisotopic (exact) mass is 731 g/mol. The third-order valence-corrected chi connectivity index (χ3v) is 10.4. The summed E-state index contributed by atoms with van der Waals surface area (Å²) in [5.74, 6) is 0.00726. The zero-order valence-electron chi connectivity index (χ0n) is 24.1. The van der Waals surface area contributed by atoms with Crippen LogP contribution in [0.3, 0.4) is 0 Å². The molecule has 256 valence electrons. The number of nitrogens with two attached hydrogens (primary N) is 1. The average molecular weight is 732 g/mol. The number of aromatic amines is 1. The van der Waals surface area contributed by atoms with Crippen LogP contribution in [0.15, 0.2) is 58.8 Å². The third kappa shape index (κ3) is 6.16. The van der Waals surface area contributed by atoms with Gasteiger partial charge in [-0.15, -0.1) is 0 Å². The van der Waals surface area contributed by atoms with Crippen LogP contribution in [-0.2, 0) is 43.9 Å². The second-order valence-electron chi connectivity index (χ2n) is 10.8. The van der Waals surface area contributed by atoms with Crippen molar-refractivity contribution >= 4 is 43.3 Å². The first-order valence-electron chi connectivity index (χ1n) is 14.1. The first-order chi connectivity index (χ1) is 22.8. The van der Waals surface area contributed by atoms with E-state index in [9.17, 15) is 23.9 Å². The molecular weight excluding hydrogens is 706 g/mol. The van der Waals surface area contributed by atoms with Gasteiger partial charge in [-0.3, -0.25) is 32.5 Å². The van der Waals surface area contributed by atoms with Crippen molar-refractivity contribution in [2.45, 2.75) is 49.2 Å². The van der Waals surface area contributed by atoms with E-state index in [1.807, 2.05) is 0 Å². The highest BCUT2D eigenvalue weighted by molar-refractivity contribution is 8.07. The lowest BCUT2D eigenvalue weighted by atomic mass is 10.1. The topological polar surface area (TPSA) is 237 Å². The number of H-pyrrole nitrogens is 1. The van der Waals surface area contributed by atoms with Gasteiger partial charge in [0.15, 0.2) is 36.3 Å². The molecule has 0 saturated carbocycles. The summed E-state index contributed by atoms with van der Waals surface area (Å²) in [4.78, 5) is 60.9. The van der Waals surface area contributed by atoms with E-state index in [4.69, 9.17) is 45.1 Å². The highest BCUT2D eigenvalue weighted by Gasteiger charge is 2.54. The van der Waals surface area contributed by atoms with Gasteiger partial charge in [-0.1, -0.05) is 30.3 Å². The Bertz CT molecular complexity index is 2070. The molecule has 5 N–H and O–H groups in total. The lowest BCUT2D eigenvalue weighted by Crippen LogP contribution is -2.38. The van der Waals surface area contributed by atoms with Crippen molar-refractivity contribution in [3.05, 3.63) is 70.0 Å². The second kappa shape index (κ2) is 12.5. The lowest BCUT2D eigenvalue weighted by molar-refractivity contribution is -0.0635. The number of ether oxygens (including phenoxy) is 2. The zero-order chi connectivity index (χ0) is 34.0. The number of halogens is 2. The smallest absolute Gasteiger partial charge is 0.382 e. The molecule has 0 amide bonds. The summed E-state index contributed by atoms with van der Waals surface area (Å²) in [7, 11) is -5.16. The van der Waals surface area contributed by atoms with E-state index in [1.54, 1.807) is 30.3 Å². The predicted octanol–water partition coefficient (Wildman–Crippen LogP) is 1.23. The van der Waals surface area contributed by atoms with Crippen molar-refractivity contribution in [3.8, 4) is 11.1 Å². The molecular formula is C25H25F2N7O11P2S. The van der Waals surface area contributed by atoms with Gasteiger partial charge in [0.25, 0.3) is 5.56 Å². The number of anilines is 1. The van der Waals surface area contributed by atoms with Gasteiger partial charge in [0.05, 0.1) is 25.1 Å². The molecule has 4 unspecified atom stereocenters. The van der Waals surface area contributed by atoms with Crippen molar-refractivity contribution in [1.29, 1.82) is 0 Å². The van der Waals surface area contributed by atoms with Gasteiger partial charge in [-0.25, -0.2) is 33.1 Å². The zero-order valence-corrected chi connectivity index (χ0v) is 26.7. The number of aromatic nitrogens is 6. The number of hydrogen-bond acceptors (Lipinski definition) is 14. The van der Waals surface area contributed by atoms with Crippen LogP contribution < -0.4 is 17.0 Å². The Morgan fingerprint density at radius 1 is 0.938 bits per heavy atom. The second-order valence-corrected chi connectivity index (χ2v) is 15.0. The molecule has 0 aliphatic carbocycles. The Balaban J connectivity index is 1.17. The van der Waals surface area contributed by atoms with Crippen LogP contribution in [0.5, 0.6) is 0 Å². The molecule has 18 nitrogen and oxygen atoms in total. The molecule has 3 saturated heterocycles. The first-order valence-corrected chi connectivity index (χ1v) is 18.1. The number of imidazole rings is 1. The number of nitrogen functional groups attached to an aromatic ring is 1. The molecule has 7 rings (SSSR count). The molecule has 3 fully saturated rings. The molecule has 3 aromatic heterocycles. The standard InChI is InChI=1S/C25H25F2N7O11P2S/c26-15-18-14(43-24(15)34-10-31-17-20(28)29-9-30-21(17)34)8-41-47(39,48)45-19-13(7-40-46(37,38)44-18)42-23(16(19)27)33-6-12(22(35)32-25(33)36)11-4-2-1-3-5-11/h1-6,9-10,13-16,18-19,23-24H,7-8H2,(H,37,38)(H,39,48)(H2,28,29,30)(H,32,35,36)/t13-,14-,15?,16?,18-,19-,23-,24-,47?/m1/s1. The number of alkyl halides is 2. The average Bonchev–Trinajstić information content (AvgIpc) is 3.69. The summed E-state index contributed by atoms with van der Waals surface area (Å²) in [6.45, 7) is -6.07. The van der Waals surface area contributed by atoms with Gasteiger partial charge < -0.3 is 29.5 Å². The Morgan fingerprint density at radius 2 is 1.58 bits per heavy atom. The number of phosphoric acid groups is 1. The van der Waals surface area contributed by atoms with Crippen LogP contribution >= 0.6 is 14.5 Å². The van der Waals surface area contributed by atoms with Crippen LogP contribution in [-0.4, -0.2) is 88.8 Å². The van der Waals surface area contributed by atoms with Crippen molar-refractivity contribution < 1.29 is 50.7 Å². The number of nitrogens with one attached hydrogen (secondary N) is 1. The van der Waals surface area contributed by atoms with Crippen molar-refractivity contribution in [2.24, 2.45) is 0 Å². The fourth-order valence-electron chi connectivity index (χ4n) is 5.61. The molecule has 0 radical (unpaired) electrons. The third-order valence-electron chi connectivity index (χ3n) is 7.84. The van der Waals surface area contributed by atoms with Crippen molar-refractivity contribution in [2.75, 3.05) is 18.9 Å². The molecule has 10 atom stereocenters. The number of hydrogen-bond donors (Lipinski definition) is 4. The SMILES string of the molecule is Nc1ncnc2c1ncn2[C@@H]1O[C@@H]2COP(O)(=S)O[C@H]3C(F)[C@H](n4cc(-c5ccccc5)c(=O)[nH]c4=O)O[C@@H]3COP(=O)(O)O[C@H]2C1F. The molecule has 1 aromatic carbocycles. The largest absolute Gasteiger partial charge is 0.472 e. The van der Waals surface area contributed by atoms with Gasteiger partial charge in [0, 0.05) is 6.20 Å². The van der Waals surface area contributed by atoms with Crippen LogP contribution in [0.4, 0.5) is 14.6 Å². The quantitative estimate of drug-likeness (QED) is 0.217. The molecule has 0 bridgehead atoms. The first kappa shape index (κ1) is 33.2. The predicted molar refractivity (Wildman–Crippen MR) is 162 cm³/mol. The minimum Gasteiger partial charge on any atom is -0.382 e. The van der Waals surface area contributed by atoms with E-state index in [1.165, 1.54) is 6.33 Å². The molecule has 3 aliphatic rings. The molecule has 6 heterocycles. The van der Waals surface area contributed by atoms with Crippen LogP contribution in [0.2, 0.25) is 0 Å². The van der Waals surface area contributed by atoms with Crippen LogP contribution in [0.25, 0.3) is 22.3 Å². The molecule has 23 heteroatoms. The lowest BCUT2D eigenvalue weighted by Gasteiger charge is -2.28. The summed E-state index contributed by atoms with van der Waals surface area (Å²) in [6, 6.07) is 8.19. The van der Waals surface area contributed by atoms with Gasteiger partial charge in [0.2, 0.25) is 0 Å². The number of fused-ring (bicyclic) bond motifs is 3. The van der Waals surface area contributed by atoms with Crippen molar-refractivity contribution in [3.63, 3.8) is 0 Å². The van der Waals surface area contributed by atoms with E-state index in [2.05, 4.69) is 19.9 Å². The number of benzene rings is 1. The molecule has 48 heavy (non-hydrogen) atoms. The summed E-state index contributed by atoms with van der Waals surface area (Å²) in [5, 5.41) is 0. The molecule has 4 aromatic rings. The van der Waals surface area contributed by atoms with E-state index in [0.717, 1.165) is 21.7 Å². The molecule has 3 aliphatic heterocycles. The van der Waals surface area contributed by atoms with Gasteiger partial charge in [-0.05, 0) is 17.4 Å². The van der Waals surface area contributed by atoms with Crippen molar-refractivity contribution in [1.82, 2.24) is 29.1 Å². The number of phosphoric ester groups is 1. The van der Waals surface area contributed by atoms with Gasteiger partial charge in [0.1, 0.15) is 36.3 Å². The summed E-state index contributed by atoms with van der Waals surface area (Å²) < 4.78 is 79.6. The van der Waals surface area contributed by atoms with E-state index < -0.39 is 88.2 Å². The summed E-state index contributed by atoms with van der Waals surface area (Å²) >= 11 is 5.11. The number of rotatable bonds is 3. The Labute approximate surface area is 272 Å². The summed E-state index contributed by atoms with van der Waals surface area (Å²) in [5.41, 5.74) is 4.65. The van der Waals surface area contributed by atoms with Crippen LogP contribution in [0, 0.1) is 0 Å². The fraction of sp³-hybridized carbons (Fsp3) is 0.400. The van der Waals surface area contributed by atoms with Gasteiger partial charge >= 0.3 is 20.2 Å². The summed E-state index contributed by atoms with van der Waals surface area (Å²) in [6.07, 6.45) is -11.2.